The maximum absolute atomic E-state index is 13.0. The average molecular weight is 222 g/mol. The second-order valence-corrected chi connectivity index (χ2v) is 4.58. The summed E-state index contributed by atoms with van der Waals surface area (Å²) in [6.45, 7) is 3.28. The van der Waals surface area contributed by atoms with Gasteiger partial charge < -0.3 is 10.6 Å². The summed E-state index contributed by atoms with van der Waals surface area (Å²) in [7, 11) is 0. The van der Waals surface area contributed by atoms with E-state index < -0.39 is 0 Å². The summed E-state index contributed by atoms with van der Waals surface area (Å²) >= 11 is 0. The number of nitrogens with one attached hydrogen (secondary N) is 2. The predicted octanol–water partition coefficient (Wildman–Crippen LogP) is 2.77. The molecule has 0 radical (unpaired) electrons. The van der Waals surface area contributed by atoms with E-state index in [0.717, 1.165) is 18.7 Å². The predicted molar refractivity (Wildman–Crippen MR) is 65.1 cm³/mol. The molecule has 1 aliphatic heterocycles. The number of benzene rings is 1. The summed E-state index contributed by atoms with van der Waals surface area (Å²) in [4.78, 5) is 0. The lowest BCUT2D eigenvalue weighted by molar-refractivity contribution is 0.523. The van der Waals surface area contributed by atoms with Crippen LogP contribution in [-0.2, 0) is 0 Å². The molecule has 1 heterocycles. The molecule has 88 valence electrons. The zero-order valence-electron chi connectivity index (χ0n) is 9.67. The van der Waals surface area contributed by atoms with Crippen molar-refractivity contribution in [2.75, 3.05) is 11.9 Å². The smallest absolute Gasteiger partial charge is 0.125 e. The molecule has 2 rings (SSSR count). The van der Waals surface area contributed by atoms with Crippen LogP contribution >= 0.6 is 0 Å². The van der Waals surface area contributed by atoms with Crippen molar-refractivity contribution >= 4 is 5.69 Å². The lowest BCUT2D eigenvalue weighted by Gasteiger charge is -2.19. The van der Waals surface area contributed by atoms with Crippen molar-refractivity contribution in [3.8, 4) is 0 Å². The van der Waals surface area contributed by atoms with E-state index in [2.05, 4.69) is 17.6 Å². The fourth-order valence-corrected chi connectivity index (χ4v) is 2.31. The molecule has 1 saturated heterocycles. The van der Waals surface area contributed by atoms with Gasteiger partial charge in [-0.05, 0) is 50.9 Å². The molecular formula is C13H19FN2. The summed E-state index contributed by atoms with van der Waals surface area (Å²) in [5, 5.41) is 6.80. The Bertz CT molecular complexity index is 334. The van der Waals surface area contributed by atoms with Crippen LogP contribution in [0.5, 0.6) is 0 Å². The van der Waals surface area contributed by atoms with Gasteiger partial charge in [0, 0.05) is 17.8 Å². The van der Waals surface area contributed by atoms with E-state index in [1.165, 1.54) is 18.9 Å². The molecule has 1 aromatic rings. The third-order valence-electron chi connectivity index (χ3n) is 3.04. The highest BCUT2D eigenvalue weighted by Gasteiger charge is 2.16. The van der Waals surface area contributed by atoms with E-state index in [1.54, 1.807) is 12.1 Å². The fraction of sp³-hybridized carbons (Fsp3) is 0.538. The van der Waals surface area contributed by atoms with Crippen molar-refractivity contribution in [1.29, 1.82) is 0 Å². The summed E-state index contributed by atoms with van der Waals surface area (Å²) < 4.78 is 13.0. The van der Waals surface area contributed by atoms with E-state index in [9.17, 15) is 4.39 Å². The minimum atomic E-state index is -0.184. The highest BCUT2D eigenvalue weighted by Crippen LogP contribution is 2.15. The van der Waals surface area contributed by atoms with Gasteiger partial charge in [-0.1, -0.05) is 6.07 Å². The van der Waals surface area contributed by atoms with Gasteiger partial charge in [0.2, 0.25) is 0 Å². The number of halogens is 1. The van der Waals surface area contributed by atoms with Gasteiger partial charge in [-0.15, -0.1) is 0 Å². The normalized spacial score (nSPS) is 22.0. The van der Waals surface area contributed by atoms with Crippen molar-refractivity contribution in [1.82, 2.24) is 5.32 Å². The molecule has 0 bridgehead atoms. The Morgan fingerprint density at radius 1 is 1.56 bits per heavy atom. The molecule has 0 saturated carbocycles. The maximum Gasteiger partial charge on any atom is 0.125 e. The van der Waals surface area contributed by atoms with E-state index >= 15 is 0 Å². The molecule has 1 aromatic carbocycles. The third-order valence-corrected chi connectivity index (χ3v) is 3.04. The van der Waals surface area contributed by atoms with Gasteiger partial charge in [0.15, 0.2) is 0 Å². The van der Waals surface area contributed by atoms with E-state index in [0.29, 0.717) is 12.1 Å². The average Bonchev–Trinajstić information content (AvgIpc) is 2.70. The quantitative estimate of drug-likeness (QED) is 0.818. The summed E-state index contributed by atoms with van der Waals surface area (Å²) in [5.74, 6) is -0.184. The van der Waals surface area contributed by atoms with Crippen LogP contribution in [0.3, 0.4) is 0 Å². The molecule has 3 heteroatoms. The van der Waals surface area contributed by atoms with Crippen LogP contribution in [0, 0.1) is 5.82 Å². The summed E-state index contributed by atoms with van der Waals surface area (Å²) in [6.07, 6.45) is 3.63. The lowest BCUT2D eigenvalue weighted by atomic mass is 10.1. The Labute approximate surface area is 96.2 Å². The van der Waals surface area contributed by atoms with Crippen LogP contribution in [0.1, 0.15) is 26.2 Å². The van der Waals surface area contributed by atoms with E-state index in [1.807, 2.05) is 6.07 Å². The molecule has 2 unspecified atom stereocenters. The zero-order chi connectivity index (χ0) is 11.4. The SMILES string of the molecule is CC(CC1CCCN1)Nc1cccc(F)c1. The molecule has 2 atom stereocenters. The van der Waals surface area contributed by atoms with E-state index in [4.69, 9.17) is 0 Å². The second-order valence-electron chi connectivity index (χ2n) is 4.58. The number of hydrogen-bond donors (Lipinski definition) is 2. The molecular weight excluding hydrogens is 203 g/mol. The zero-order valence-corrected chi connectivity index (χ0v) is 9.67. The monoisotopic (exact) mass is 222 g/mol. The Kier molecular flexibility index (Phi) is 3.78. The molecule has 0 aromatic heterocycles. The van der Waals surface area contributed by atoms with Gasteiger partial charge >= 0.3 is 0 Å². The first-order valence-corrected chi connectivity index (χ1v) is 5.99. The second kappa shape index (κ2) is 5.30. The summed E-state index contributed by atoms with van der Waals surface area (Å²) in [5.41, 5.74) is 0.866. The van der Waals surface area contributed by atoms with Crippen molar-refractivity contribution in [2.24, 2.45) is 0 Å². The maximum atomic E-state index is 13.0. The highest BCUT2D eigenvalue weighted by molar-refractivity contribution is 5.43. The Hall–Kier alpha value is -1.09. The Morgan fingerprint density at radius 3 is 3.12 bits per heavy atom. The van der Waals surface area contributed by atoms with Crippen molar-refractivity contribution in [2.45, 2.75) is 38.3 Å². The van der Waals surface area contributed by atoms with Crippen molar-refractivity contribution in [3.63, 3.8) is 0 Å². The minimum absolute atomic E-state index is 0.184. The molecule has 0 spiro atoms. The van der Waals surface area contributed by atoms with Gasteiger partial charge in [0.05, 0.1) is 0 Å². The molecule has 1 fully saturated rings. The van der Waals surface area contributed by atoms with Crippen LogP contribution in [0.4, 0.5) is 10.1 Å². The molecule has 2 N–H and O–H groups in total. The molecule has 16 heavy (non-hydrogen) atoms. The first-order chi connectivity index (χ1) is 7.74. The van der Waals surface area contributed by atoms with Crippen LogP contribution in [-0.4, -0.2) is 18.6 Å². The van der Waals surface area contributed by atoms with Crippen LogP contribution in [0.15, 0.2) is 24.3 Å². The van der Waals surface area contributed by atoms with Crippen LogP contribution in [0.25, 0.3) is 0 Å². The topological polar surface area (TPSA) is 24.1 Å². The molecule has 0 aliphatic carbocycles. The van der Waals surface area contributed by atoms with Crippen molar-refractivity contribution < 1.29 is 4.39 Å². The molecule has 0 amide bonds. The number of hydrogen-bond acceptors (Lipinski definition) is 2. The van der Waals surface area contributed by atoms with E-state index in [-0.39, 0.29) is 5.82 Å². The largest absolute Gasteiger partial charge is 0.382 e. The van der Waals surface area contributed by atoms with Gasteiger partial charge in [-0.2, -0.15) is 0 Å². The molecule has 2 nitrogen and oxygen atoms in total. The van der Waals surface area contributed by atoms with Gasteiger partial charge in [0.25, 0.3) is 0 Å². The third kappa shape index (κ3) is 3.20. The number of anilines is 1. The Balaban J connectivity index is 1.84. The minimum Gasteiger partial charge on any atom is -0.382 e. The first kappa shape index (κ1) is 11.4. The fourth-order valence-electron chi connectivity index (χ4n) is 2.31. The van der Waals surface area contributed by atoms with Gasteiger partial charge in [-0.3, -0.25) is 0 Å². The first-order valence-electron chi connectivity index (χ1n) is 5.99. The van der Waals surface area contributed by atoms with Crippen LogP contribution < -0.4 is 10.6 Å². The van der Waals surface area contributed by atoms with Crippen LogP contribution in [0.2, 0.25) is 0 Å². The molecule has 1 aliphatic rings. The van der Waals surface area contributed by atoms with Gasteiger partial charge in [0.1, 0.15) is 5.82 Å². The van der Waals surface area contributed by atoms with Gasteiger partial charge in [-0.25, -0.2) is 4.39 Å². The Morgan fingerprint density at radius 2 is 2.44 bits per heavy atom. The number of rotatable bonds is 4. The highest BCUT2D eigenvalue weighted by atomic mass is 19.1. The van der Waals surface area contributed by atoms with Crippen molar-refractivity contribution in [3.05, 3.63) is 30.1 Å². The summed E-state index contributed by atoms with van der Waals surface area (Å²) in [6, 6.07) is 7.64. The standard InChI is InChI=1S/C13H19FN2/c1-10(8-12-6-3-7-15-12)16-13-5-2-4-11(14)9-13/h2,4-5,9-10,12,15-16H,3,6-8H2,1H3. The lowest BCUT2D eigenvalue weighted by Crippen LogP contribution is -2.29.